The van der Waals surface area contributed by atoms with Crippen molar-refractivity contribution in [3.05, 3.63) is 11.8 Å². The third-order valence-corrected chi connectivity index (χ3v) is 1.70. The van der Waals surface area contributed by atoms with E-state index in [2.05, 4.69) is 13.8 Å². The van der Waals surface area contributed by atoms with Gasteiger partial charge in [0.2, 0.25) is 0 Å². The van der Waals surface area contributed by atoms with E-state index in [9.17, 15) is 5.11 Å². The first-order chi connectivity index (χ1) is 5.20. The first-order valence-corrected chi connectivity index (χ1v) is 4.21. The smallest absolute Gasteiger partial charge is 0.120 e. The molecule has 0 spiro atoms. The van der Waals surface area contributed by atoms with Crippen LogP contribution in [0.5, 0.6) is 0 Å². The van der Waals surface area contributed by atoms with Gasteiger partial charge in [-0.3, -0.25) is 0 Å². The Bertz CT molecular complexity index is 150. The number of ether oxygens (including phenoxy) is 1. The molecule has 1 aliphatic carbocycles. The molecule has 0 amide bonds. The lowest BCUT2D eigenvalue weighted by Crippen LogP contribution is -2.10. The Kier molecular flexibility index (Phi) is 2.94. The molecule has 0 saturated carbocycles. The van der Waals surface area contributed by atoms with Crippen LogP contribution in [0.4, 0.5) is 0 Å². The van der Waals surface area contributed by atoms with Crippen molar-refractivity contribution in [2.45, 2.75) is 32.8 Å². The van der Waals surface area contributed by atoms with E-state index in [1.165, 1.54) is 0 Å². The molecule has 1 atom stereocenters. The standard InChI is InChI=1S/C9H16O2/c1-7(2)6-11-9-5-3-4-8(9)10/h5,7-8,10H,3-4,6H2,1-2H3. The second kappa shape index (κ2) is 3.77. The second-order valence-electron chi connectivity index (χ2n) is 3.40. The Morgan fingerprint density at radius 1 is 1.73 bits per heavy atom. The predicted octanol–water partition coefficient (Wildman–Crippen LogP) is 1.70. The fourth-order valence-corrected chi connectivity index (χ4v) is 1.08. The minimum atomic E-state index is -0.339. The molecule has 0 aliphatic heterocycles. The van der Waals surface area contributed by atoms with Crippen LogP contribution in [-0.4, -0.2) is 17.8 Å². The van der Waals surface area contributed by atoms with E-state index in [4.69, 9.17) is 4.74 Å². The van der Waals surface area contributed by atoms with Crippen molar-refractivity contribution >= 4 is 0 Å². The van der Waals surface area contributed by atoms with E-state index in [-0.39, 0.29) is 6.10 Å². The van der Waals surface area contributed by atoms with Gasteiger partial charge in [0.25, 0.3) is 0 Å². The average Bonchev–Trinajstić information content (AvgIpc) is 2.31. The van der Waals surface area contributed by atoms with Crippen LogP contribution in [0, 0.1) is 5.92 Å². The largest absolute Gasteiger partial charge is 0.495 e. The zero-order valence-electron chi connectivity index (χ0n) is 7.21. The highest BCUT2D eigenvalue weighted by Gasteiger charge is 2.17. The molecule has 0 fully saturated rings. The highest BCUT2D eigenvalue weighted by molar-refractivity contribution is 5.06. The molecule has 0 aromatic rings. The molecule has 1 unspecified atom stereocenters. The summed E-state index contributed by atoms with van der Waals surface area (Å²) in [5, 5.41) is 9.31. The molecular formula is C9H16O2. The number of hydrogen-bond donors (Lipinski definition) is 1. The lowest BCUT2D eigenvalue weighted by molar-refractivity contribution is 0.0951. The van der Waals surface area contributed by atoms with Gasteiger partial charge in [-0.15, -0.1) is 0 Å². The van der Waals surface area contributed by atoms with Gasteiger partial charge >= 0.3 is 0 Å². The molecule has 1 aliphatic rings. The van der Waals surface area contributed by atoms with E-state index in [0.717, 1.165) is 18.6 Å². The molecule has 0 heterocycles. The fourth-order valence-electron chi connectivity index (χ4n) is 1.08. The minimum Gasteiger partial charge on any atom is -0.495 e. The third kappa shape index (κ3) is 2.54. The molecule has 1 N–H and O–H groups in total. The fraction of sp³-hybridized carbons (Fsp3) is 0.778. The topological polar surface area (TPSA) is 29.5 Å². The molecule has 0 bridgehead atoms. The molecule has 2 heteroatoms. The lowest BCUT2D eigenvalue weighted by atomic mass is 10.2. The zero-order valence-corrected chi connectivity index (χ0v) is 7.21. The van der Waals surface area contributed by atoms with E-state index < -0.39 is 0 Å². The Labute approximate surface area is 67.9 Å². The SMILES string of the molecule is CC(C)COC1=CCCC1O. The molecule has 0 aromatic carbocycles. The van der Waals surface area contributed by atoms with Gasteiger partial charge < -0.3 is 9.84 Å². The highest BCUT2D eigenvalue weighted by atomic mass is 16.5. The Morgan fingerprint density at radius 3 is 2.91 bits per heavy atom. The summed E-state index contributed by atoms with van der Waals surface area (Å²) < 4.78 is 5.39. The maximum absolute atomic E-state index is 9.31. The molecule has 1 rings (SSSR count). The van der Waals surface area contributed by atoms with Crippen molar-refractivity contribution in [1.29, 1.82) is 0 Å². The third-order valence-electron chi connectivity index (χ3n) is 1.70. The summed E-state index contributed by atoms with van der Waals surface area (Å²) in [6.45, 7) is 4.91. The Balaban J connectivity index is 2.26. The number of rotatable bonds is 3. The average molecular weight is 156 g/mol. The van der Waals surface area contributed by atoms with E-state index in [1.807, 2.05) is 6.08 Å². The number of allylic oxidation sites excluding steroid dienone is 1. The number of aliphatic hydroxyl groups excluding tert-OH is 1. The summed E-state index contributed by atoms with van der Waals surface area (Å²) in [7, 11) is 0. The quantitative estimate of drug-likeness (QED) is 0.674. The first-order valence-electron chi connectivity index (χ1n) is 4.21. The van der Waals surface area contributed by atoms with Crippen LogP contribution in [0.25, 0.3) is 0 Å². The van der Waals surface area contributed by atoms with Gasteiger partial charge in [0, 0.05) is 0 Å². The van der Waals surface area contributed by atoms with Crippen LogP contribution >= 0.6 is 0 Å². The van der Waals surface area contributed by atoms with Crippen molar-refractivity contribution < 1.29 is 9.84 Å². The molecule has 2 nitrogen and oxygen atoms in total. The van der Waals surface area contributed by atoms with Crippen molar-refractivity contribution in [3.8, 4) is 0 Å². The Morgan fingerprint density at radius 2 is 2.45 bits per heavy atom. The monoisotopic (exact) mass is 156 g/mol. The van der Waals surface area contributed by atoms with Crippen LogP contribution < -0.4 is 0 Å². The summed E-state index contributed by atoms with van der Waals surface area (Å²) in [6, 6.07) is 0. The van der Waals surface area contributed by atoms with Crippen LogP contribution in [0.3, 0.4) is 0 Å². The summed E-state index contributed by atoms with van der Waals surface area (Å²) in [5.41, 5.74) is 0. The van der Waals surface area contributed by atoms with E-state index in [1.54, 1.807) is 0 Å². The highest BCUT2D eigenvalue weighted by Crippen LogP contribution is 2.19. The normalized spacial score (nSPS) is 24.0. The van der Waals surface area contributed by atoms with Crippen LogP contribution in [-0.2, 0) is 4.74 Å². The van der Waals surface area contributed by atoms with Gasteiger partial charge in [-0.2, -0.15) is 0 Å². The summed E-state index contributed by atoms with van der Waals surface area (Å²) >= 11 is 0. The molecule has 0 aromatic heterocycles. The Hall–Kier alpha value is -0.500. The van der Waals surface area contributed by atoms with Crippen LogP contribution in [0.1, 0.15) is 26.7 Å². The van der Waals surface area contributed by atoms with Crippen molar-refractivity contribution in [1.82, 2.24) is 0 Å². The summed E-state index contributed by atoms with van der Waals surface area (Å²) in [4.78, 5) is 0. The van der Waals surface area contributed by atoms with Gasteiger partial charge in [0.15, 0.2) is 0 Å². The molecular weight excluding hydrogens is 140 g/mol. The van der Waals surface area contributed by atoms with Crippen molar-refractivity contribution in [2.24, 2.45) is 5.92 Å². The summed E-state index contributed by atoms with van der Waals surface area (Å²) in [6.07, 6.45) is 3.42. The van der Waals surface area contributed by atoms with Crippen LogP contribution in [0.2, 0.25) is 0 Å². The van der Waals surface area contributed by atoms with E-state index in [0.29, 0.717) is 12.5 Å². The van der Waals surface area contributed by atoms with Gasteiger partial charge in [0.1, 0.15) is 11.9 Å². The zero-order chi connectivity index (χ0) is 8.27. The first kappa shape index (κ1) is 8.60. The van der Waals surface area contributed by atoms with Gasteiger partial charge in [-0.25, -0.2) is 0 Å². The van der Waals surface area contributed by atoms with Crippen molar-refractivity contribution in [3.63, 3.8) is 0 Å². The maximum Gasteiger partial charge on any atom is 0.120 e. The number of aliphatic hydroxyl groups is 1. The molecule has 64 valence electrons. The lowest BCUT2D eigenvalue weighted by Gasteiger charge is -2.12. The summed E-state index contributed by atoms with van der Waals surface area (Å²) in [5.74, 6) is 1.31. The minimum absolute atomic E-state index is 0.339. The number of hydrogen-bond acceptors (Lipinski definition) is 2. The molecule has 0 saturated heterocycles. The van der Waals surface area contributed by atoms with E-state index >= 15 is 0 Å². The second-order valence-corrected chi connectivity index (χ2v) is 3.40. The molecule has 0 radical (unpaired) electrons. The molecule has 11 heavy (non-hydrogen) atoms. The maximum atomic E-state index is 9.31. The van der Waals surface area contributed by atoms with Gasteiger partial charge in [-0.05, 0) is 24.8 Å². The van der Waals surface area contributed by atoms with Crippen LogP contribution in [0.15, 0.2) is 11.8 Å². The van der Waals surface area contributed by atoms with Gasteiger partial charge in [-0.1, -0.05) is 13.8 Å². The van der Waals surface area contributed by atoms with Gasteiger partial charge in [0.05, 0.1) is 6.61 Å². The van der Waals surface area contributed by atoms with Crippen molar-refractivity contribution in [2.75, 3.05) is 6.61 Å². The predicted molar refractivity (Wildman–Crippen MR) is 44.1 cm³/mol.